The smallest absolute Gasteiger partial charge is 0.433 e. The fourth-order valence-electron chi connectivity index (χ4n) is 2.82. The van der Waals surface area contributed by atoms with Gasteiger partial charge in [-0.2, -0.15) is 13.2 Å². The maximum Gasteiger partial charge on any atom is 0.433 e. The van der Waals surface area contributed by atoms with Gasteiger partial charge in [-0.3, -0.25) is 4.79 Å². The zero-order valence-corrected chi connectivity index (χ0v) is 17.4. The second-order valence-electron chi connectivity index (χ2n) is 7.17. The molecule has 3 rings (SSSR count). The van der Waals surface area contributed by atoms with Crippen molar-refractivity contribution < 1.29 is 28.2 Å². The zero-order chi connectivity index (χ0) is 22.8. The molecule has 3 N–H and O–H groups in total. The molecule has 164 valence electrons. The van der Waals surface area contributed by atoms with E-state index in [2.05, 4.69) is 20.3 Å². The molecule has 0 aliphatic heterocycles. The van der Waals surface area contributed by atoms with E-state index in [-0.39, 0.29) is 18.8 Å². The van der Waals surface area contributed by atoms with Crippen LogP contribution in [0.3, 0.4) is 0 Å². The largest absolute Gasteiger partial charge is 0.481 e. The van der Waals surface area contributed by atoms with Crippen LogP contribution in [0, 0.1) is 6.92 Å². The number of carboxylic acids is 1. The van der Waals surface area contributed by atoms with Gasteiger partial charge in [-0.1, -0.05) is 6.07 Å². The van der Waals surface area contributed by atoms with Crippen molar-refractivity contribution in [3.05, 3.63) is 52.9 Å². The van der Waals surface area contributed by atoms with Crippen LogP contribution in [0.4, 0.5) is 24.8 Å². The Bertz CT molecular complexity index is 1100. The number of halogens is 3. The molecule has 1 aromatic carbocycles. The molecule has 0 bridgehead atoms. The summed E-state index contributed by atoms with van der Waals surface area (Å²) in [5.41, 5.74) is -0.389. The predicted molar refractivity (Wildman–Crippen MR) is 109 cm³/mol. The SMILES string of the molecule is Cc1cc(Nc2nccc(C(F)(F)F)n2)cc(-c2cnc(C(C)(O)CCC(=O)O)s2)c1. The number of nitrogens with zero attached hydrogens (tertiary/aromatic N) is 3. The van der Waals surface area contributed by atoms with Crippen LogP contribution in [0.15, 0.2) is 36.7 Å². The van der Waals surface area contributed by atoms with Gasteiger partial charge in [0.25, 0.3) is 0 Å². The first-order valence-electron chi connectivity index (χ1n) is 9.14. The third kappa shape index (κ3) is 5.76. The first-order chi connectivity index (χ1) is 14.4. The van der Waals surface area contributed by atoms with E-state index in [1.807, 2.05) is 13.0 Å². The summed E-state index contributed by atoms with van der Waals surface area (Å²) in [6.45, 7) is 3.33. The second-order valence-corrected chi connectivity index (χ2v) is 8.20. The Hall–Kier alpha value is -3.05. The van der Waals surface area contributed by atoms with Gasteiger partial charge in [0.15, 0.2) is 0 Å². The van der Waals surface area contributed by atoms with Gasteiger partial charge in [-0.05, 0) is 49.6 Å². The zero-order valence-electron chi connectivity index (χ0n) is 16.6. The van der Waals surface area contributed by atoms with E-state index in [9.17, 15) is 23.1 Å². The van der Waals surface area contributed by atoms with Crippen molar-refractivity contribution in [2.75, 3.05) is 5.32 Å². The molecule has 2 heterocycles. The fraction of sp³-hybridized carbons (Fsp3) is 0.300. The van der Waals surface area contributed by atoms with Gasteiger partial charge in [-0.15, -0.1) is 11.3 Å². The number of aromatic nitrogens is 3. The Morgan fingerprint density at radius 1 is 1.23 bits per heavy atom. The number of aryl methyl sites for hydroxylation is 1. The van der Waals surface area contributed by atoms with Crippen LogP contribution in [-0.2, 0) is 16.6 Å². The van der Waals surface area contributed by atoms with Gasteiger partial charge in [0.05, 0.1) is 4.88 Å². The molecule has 0 spiro atoms. The minimum absolute atomic E-state index is 0.0167. The summed E-state index contributed by atoms with van der Waals surface area (Å²) in [5.74, 6) is -1.20. The first kappa shape index (κ1) is 22.6. The molecular weight excluding hydrogens is 433 g/mol. The van der Waals surface area contributed by atoms with Crippen molar-refractivity contribution in [3.63, 3.8) is 0 Å². The Labute approximate surface area is 179 Å². The molecule has 1 atom stereocenters. The maximum atomic E-state index is 12.9. The van der Waals surface area contributed by atoms with Crippen molar-refractivity contribution in [3.8, 4) is 10.4 Å². The Kier molecular flexibility index (Phi) is 6.27. The number of aliphatic carboxylic acids is 1. The Balaban J connectivity index is 1.86. The molecule has 2 aromatic heterocycles. The van der Waals surface area contributed by atoms with Crippen LogP contribution in [-0.4, -0.2) is 31.1 Å². The highest BCUT2D eigenvalue weighted by atomic mass is 32.1. The number of benzene rings is 1. The van der Waals surface area contributed by atoms with Crippen molar-refractivity contribution in [2.24, 2.45) is 0 Å². The molecule has 11 heteroatoms. The van der Waals surface area contributed by atoms with Crippen LogP contribution >= 0.6 is 11.3 Å². The Morgan fingerprint density at radius 3 is 2.65 bits per heavy atom. The number of hydrogen-bond donors (Lipinski definition) is 3. The van der Waals surface area contributed by atoms with Crippen molar-refractivity contribution in [2.45, 2.75) is 38.5 Å². The lowest BCUT2D eigenvalue weighted by Gasteiger charge is -2.19. The number of hydrogen-bond acceptors (Lipinski definition) is 7. The van der Waals surface area contributed by atoms with E-state index in [1.165, 1.54) is 18.3 Å². The predicted octanol–water partition coefficient (Wildman–Crippen LogP) is 4.74. The van der Waals surface area contributed by atoms with Gasteiger partial charge in [0.1, 0.15) is 16.3 Å². The lowest BCUT2D eigenvalue weighted by Crippen LogP contribution is -2.22. The number of anilines is 2. The second kappa shape index (κ2) is 8.60. The van der Waals surface area contributed by atoms with Gasteiger partial charge >= 0.3 is 12.1 Å². The standard InChI is InChI=1S/C20H19F3N4O3S/c1-11-7-12(14-10-25-17(31-14)19(2,30)5-3-16(28)29)9-13(8-11)26-18-24-6-4-15(27-18)20(21,22)23/h4,6-10,30H,3,5H2,1-2H3,(H,28,29)(H,24,26,27). The summed E-state index contributed by atoms with van der Waals surface area (Å²) < 4.78 is 38.6. The molecule has 31 heavy (non-hydrogen) atoms. The third-order valence-electron chi connectivity index (χ3n) is 4.36. The minimum atomic E-state index is -4.58. The average Bonchev–Trinajstić information content (AvgIpc) is 3.17. The summed E-state index contributed by atoms with van der Waals surface area (Å²) in [4.78, 5) is 23.1. The number of carboxylic acid groups (broad SMARTS) is 1. The van der Waals surface area contributed by atoms with E-state index in [1.54, 1.807) is 18.3 Å². The van der Waals surface area contributed by atoms with Crippen molar-refractivity contribution in [1.82, 2.24) is 15.0 Å². The van der Waals surface area contributed by atoms with Crippen molar-refractivity contribution in [1.29, 1.82) is 0 Å². The van der Waals surface area contributed by atoms with Crippen molar-refractivity contribution >= 4 is 28.9 Å². The minimum Gasteiger partial charge on any atom is -0.481 e. The lowest BCUT2D eigenvalue weighted by molar-refractivity contribution is -0.141. The number of aliphatic hydroxyl groups is 1. The topological polar surface area (TPSA) is 108 Å². The summed E-state index contributed by atoms with van der Waals surface area (Å²) in [5, 5.41) is 22.6. The number of rotatable bonds is 7. The van der Waals surface area contributed by atoms with E-state index >= 15 is 0 Å². The highest BCUT2D eigenvalue weighted by Gasteiger charge is 2.33. The van der Waals surface area contributed by atoms with Crippen LogP contribution in [0.5, 0.6) is 0 Å². The van der Waals surface area contributed by atoms with E-state index < -0.39 is 23.4 Å². The van der Waals surface area contributed by atoms with E-state index in [4.69, 9.17) is 5.11 Å². The average molecular weight is 452 g/mol. The summed E-state index contributed by atoms with van der Waals surface area (Å²) >= 11 is 1.21. The number of nitrogens with one attached hydrogen (secondary N) is 1. The maximum absolute atomic E-state index is 12.9. The molecule has 0 saturated carbocycles. The molecule has 0 saturated heterocycles. The van der Waals surface area contributed by atoms with Gasteiger partial charge in [-0.25, -0.2) is 15.0 Å². The van der Waals surface area contributed by atoms with E-state index in [0.717, 1.165) is 23.4 Å². The summed E-state index contributed by atoms with van der Waals surface area (Å²) in [6.07, 6.45) is -2.16. The molecule has 0 aliphatic rings. The quantitative estimate of drug-likeness (QED) is 0.475. The fourth-order valence-corrected chi connectivity index (χ4v) is 3.79. The molecule has 7 nitrogen and oxygen atoms in total. The highest BCUT2D eigenvalue weighted by Crippen LogP contribution is 2.36. The number of alkyl halides is 3. The van der Waals surface area contributed by atoms with Crippen LogP contribution in [0.2, 0.25) is 0 Å². The van der Waals surface area contributed by atoms with Crippen LogP contribution < -0.4 is 5.32 Å². The lowest BCUT2D eigenvalue weighted by atomic mass is 10.0. The van der Waals surface area contributed by atoms with Crippen LogP contribution in [0.25, 0.3) is 10.4 Å². The Morgan fingerprint density at radius 2 is 1.97 bits per heavy atom. The van der Waals surface area contributed by atoms with Gasteiger partial charge in [0, 0.05) is 24.5 Å². The van der Waals surface area contributed by atoms with Gasteiger partial charge in [0.2, 0.25) is 5.95 Å². The van der Waals surface area contributed by atoms with E-state index in [0.29, 0.717) is 15.6 Å². The van der Waals surface area contributed by atoms with Gasteiger partial charge < -0.3 is 15.5 Å². The summed E-state index contributed by atoms with van der Waals surface area (Å²) in [7, 11) is 0. The third-order valence-corrected chi connectivity index (χ3v) is 5.66. The monoisotopic (exact) mass is 452 g/mol. The molecule has 0 fully saturated rings. The first-order valence-corrected chi connectivity index (χ1v) is 9.95. The molecule has 0 amide bonds. The normalized spacial score (nSPS) is 13.6. The molecule has 3 aromatic rings. The highest BCUT2D eigenvalue weighted by molar-refractivity contribution is 7.15. The molecule has 0 radical (unpaired) electrons. The molecule has 0 aliphatic carbocycles. The number of thiazole rings is 1. The summed E-state index contributed by atoms with van der Waals surface area (Å²) in [6, 6.07) is 6.10. The molecule has 1 unspecified atom stereocenters. The molecular formula is C20H19F3N4O3S. The van der Waals surface area contributed by atoms with Crippen LogP contribution in [0.1, 0.15) is 36.0 Å². The number of carbonyl (C=O) groups is 1.